The summed E-state index contributed by atoms with van der Waals surface area (Å²) >= 11 is 0. The van der Waals surface area contributed by atoms with Gasteiger partial charge in [0.05, 0.1) is 4.92 Å². The van der Waals surface area contributed by atoms with Crippen LogP contribution in [0.15, 0.2) is 46.9 Å². The Balaban J connectivity index is 2.09. The number of amides is 1. The van der Waals surface area contributed by atoms with Gasteiger partial charge in [-0.15, -0.1) is 0 Å². The van der Waals surface area contributed by atoms with Gasteiger partial charge in [0.15, 0.2) is 0 Å². The normalized spacial score (nSPS) is 10.7. The Bertz CT molecular complexity index is 673. The summed E-state index contributed by atoms with van der Waals surface area (Å²) in [4.78, 5) is 22.0. The number of nitrogens with zero attached hydrogens (tertiary/aromatic N) is 1. The number of aryl methyl sites for hydroxylation is 1. The van der Waals surface area contributed by atoms with Crippen LogP contribution in [0.1, 0.15) is 11.5 Å². The minimum atomic E-state index is -0.546. The third-order valence-corrected chi connectivity index (χ3v) is 2.52. The van der Waals surface area contributed by atoms with Crippen molar-refractivity contribution in [3.05, 3.63) is 64.1 Å². The highest BCUT2D eigenvalue weighted by Crippen LogP contribution is 2.23. The lowest BCUT2D eigenvalue weighted by atomic mass is 10.2. The monoisotopic (exact) mass is 272 g/mol. The summed E-state index contributed by atoms with van der Waals surface area (Å²) < 4.78 is 5.27. The molecule has 0 aliphatic carbocycles. The maximum atomic E-state index is 11.7. The fourth-order valence-corrected chi connectivity index (χ4v) is 1.61. The van der Waals surface area contributed by atoms with Gasteiger partial charge in [-0.2, -0.15) is 0 Å². The van der Waals surface area contributed by atoms with Gasteiger partial charge in [-0.05, 0) is 31.2 Å². The third kappa shape index (κ3) is 3.32. The van der Waals surface area contributed by atoms with Gasteiger partial charge in [-0.25, -0.2) is 0 Å². The molecular weight excluding hydrogens is 260 g/mol. The van der Waals surface area contributed by atoms with E-state index < -0.39 is 10.8 Å². The number of rotatable bonds is 4. The number of nitrogens with one attached hydrogen (secondary N) is 1. The van der Waals surface area contributed by atoms with Gasteiger partial charge in [0.2, 0.25) is 5.91 Å². The first-order chi connectivity index (χ1) is 9.56. The Morgan fingerprint density at radius 2 is 2.05 bits per heavy atom. The molecule has 102 valence electrons. The summed E-state index contributed by atoms with van der Waals surface area (Å²) in [5, 5.41) is 13.3. The van der Waals surface area contributed by atoms with Gasteiger partial charge < -0.3 is 9.73 Å². The van der Waals surface area contributed by atoms with Crippen LogP contribution in [0, 0.1) is 17.0 Å². The molecule has 0 aliphatic heterocycles. The molecule has 0 aliphatic rings. The van der Waals surface area contributed by atoms with Gasteiger partial charge >= 0.3 is 0 Å². The molecular formula is C14H12N2O4. The first-order valence-electron chi connectivity index (χ1n) is 5.85. The maximum absolute atomic E-state index is 11.7. The highest BCUT2D eigenvalue weighted by atomic mass is 16.6. The second-order valence-corrected chi connectivity index (χ2v) is 4.05. The summed E-state index contributed by atoms with van der Waals surface area (Å²) in [5.74, 6) is 0.817. The molecule has 2 rings (SSSR count). The Hall–Kier alpha value is -2.89. The summed E-state index contributed by atoms with van der Waals surface area (Å²) in [7, 11) is 0. The highest BCUT2D eigenvalue weighted by Gasteiger charge is 2.13. The Labute approximate surface area is 114 Å². The van der Waals surface area contributed by atoms with Gasteiger partial charge in [0, 0.05) is 12.1 Å². The van der Waals surface area contributed by atoms with E-state index in [0.29, 0.717) is 5.76 Å². The van der Waals surface area contributed by atoms with Crippen molar-refractivity contribution in [2.24, 2.45) is 0 Å². The lowest BCUT2D eigenvalue weighted by molar-refractivity contribution is -0.383. The van der Waals surface area contributed by atoms with Crippen LogP contribution in [0.4, 0.5) is 11.4 Å². The van der Waals surface area contributed by atoms with Crippen molar-refractivity contribution < 1.29 is 14.1 Å². The largest absolute Gasteiger partial charge is 0.462 e. The molecule has 20 heavy (non-hydrogen) atoms. The summed E-state index contributed by atoms with van der Waals surface area (Å²) in [6, 6.07) is 9.46. The number of carbonyl (C=O) groups is 1. The molecule has 1 aromatic carbocycles. The van der Waals surface area contributed by atoms with Crippen molar-refractivity contribution in [2.75, 3.05) is 5.32 Å². The number of benzene rings is 1. The molecule has 0 bridgehead atoms. The van der Waals surface area contributed by atoms with Gasteiger partial charge in [0.25, 0.3) is 5.69 Å². The minimum Gasteiger partial charge on any atom is -0.462 e. The predicted molar refractivity (Wildman–Crippen MR) is 74.2 cm³/mol. The number of carbonyl (C=O) groups excluding carboxylic acids is 1. The number of para-hydroxylation sites is 2. The van der Waals surface area contributed by atoms with E-state index in [1.54, 1.807) is 25.1 Å². The summed E-state index contributed by atoms with van der Waals surface area (Å²) in [5.41, 5.74) is 0.00543. The second kappa shape index (κ2) is 5.83. The van der Waals surface area contributed by atoms with E-state index in [4.69, 9.17) is 4.42 Å². The van der Waals surface area contributed by atoms with Gasteiger partial charge in [0.1, 0.15) is 17.2 Å². The lowest BCUT2D eigenvalue weighted by Gasteiger charge is -2.02. The van der Waals surface area contributed by atoms with Crippen LogP contribution in [0.3, 0.4) is 0 Å². The van der Waals surface area contributed by atoms with Crippen molar-refractivity contribution in [1.82, 2.24) is 0 Å². The second-order valence-electron chi connectivity index (χ2n) is 4.05. The lowest BCUT2D eigenvalue weighted by Crippen LogP contribution is -2.09. The van der Waals surface area contributed by atoms with Crippen molar-refractivity contribution in [1.29, 1.82) is 0 Å². The van der Waals surface area contributed by atoms with Gasteiger partial charge in [-0.3, -0.25) is 14.9 Å². The maximum Gasteiger partial charge on any atom is 0.292 e. The number of nitro benzene ring substituents is 1. The number of hydrogen-bond acceptors (Lipinski definition) is 4. The first-order valence-corrected chi connectivity index (χ1v) is 5.85. The van der Waals surface area contributed by atoms with Crippen LogP contribution in [-0.2, 0) is 4.79 Å². The molecule has 1 heterocycles. The van der Waals surface area contributed by atoms with E-state index in [2.05, 4.69) is 5.32 Å². The van der Waals surface area contributed by atoms with Crippen LogP contribution >= 0.6 is 0 Å². The molecule has 0 unspecified atom stereocenters. The number of anilines is 1. The zero-order valence-corrected chi connectivity index (χ0v) is 10.7. The van der Waals surface area contributed by atoms with Crippen molar-refractivity contribution in [3.8, 4) is 0 Å². The molecule has 1 N–H and O–H groups in total. The molecule has 1 aromatic heterocycles. The van der Waals surface area contributed by atoms with E-state index in [1.165, 1.54) is 30.4 Å². The minimum absolute atomic E-state index is 0.150. The summed E-state index contributed by atoms with van der Waals surface area (Å²) in [6.45, 7) is 1.80. The van der Waals surface area contributed by atoms with Crippen molar-refractivity contribution >= 4 is 23.4 Å². The Morgan fingerprint density at radius 3 is 2.70 bits per heavy atom. The molecule has 0 saturated heterocycles. The van der Waals surface area contributed by atoms with Crippen molar-refractivity contribution in [2.45, 2.75) is 6.92 Å². The van der Waals surface area contributed by atoms with E-state index >= 15 is 0 Å². The number of hydrogen-bond donors (Lipinski definition) is 1. The van der Waals surface area contributed by atoms with E-state index in [-0.39, 0.29) is 11.4 Å². The molecule has 0 atom stereocenters. The fraction of sp³-hybridized carbons (Fsp3) is 0.0714. The van der Waals surface area contributed by atoms with Crippen LogP contribution < -0.4 is 5.32 Å². The molecule has 6 nitrogen and oxygen atoms in total. The third-order valence-electron chi connectivity index (χ3n) is 2.52. The Kier molecular flexibility index (Phi) is 3.95. The van der Waals surface area contributed by atoms with Crippen LogP contribution in [0.25, 0.3) is 6.08 Å². The van der Waals surface area contributed by atoms with Crippen molar-refractivity contribution in [3.63, 3.8) is 0 Å². The fourth-order valence-electron chi connectivity index (χ4n) is 1.61. The topological polar surface area (TPSA) is 85.4 Å². The average Bonchev–Trinajstić information content (AvgIpc) is 2.83. The smallest absolute Gasteiger partial charge is 0.292 e. The average molecular weight is 272 g/mol. The Morgan fingerprint density at radius 1 is 1.30 bits per heavy atom. The van der Waals surface area contributed by atoms with Crippen LogP contribution in [-0.4, -0.2) is 10.8 Å². The van der Waals surface area contributed by atoms with E-state index in [1.807, 2.05) is 0 Å². The molecule has 0 radical (unpaired) electrons. The highest BCUT2D eigenvalue weighted by molar-refractivity contribution is 6.03. The molecule has 2 aromatic rings. The zero-order chi connectivity index (χ0) is 14.5. The molecule has 0 saturated carbocycles. The van der Waals surface area contributed by atoms with Crippen LogP contribution in [0.2, 0.25) is 0 Å². The van der Waals surface area contributed by atoms with E-state index in [0.717, 1.165) is 5.76 Å². The molecule has 6 heteroatoms. The van der Waals surface area contributed by atoms with Gasteiger partial charge in [-0.1, -0.05) is 12.1 Å². The molecule has 0 fully saturated rings. The van der Waals surface area contributed by atoms with Crippen LogP contribution in [0.5, 0.6) is 0 Å². The summed E-state index contributed by atoms with van der Waals surface area (Å²) in [6.07, 6.45) is 2.76. The number of furan rings is 1. The zero-order valence-electron chi connectivity index (χ0n) is 10.7. The van der Waals surface area contributed by atoms with E-state index in [9.17, 15) is 14.9 Å². The quantitative estimate of drug-likeness (QED) is 0.526. The SMILES string of the molecule is Cc1ccc(/C=C/C(=O)Nc2ccccc2[N+](=O)[O-])o1. The standard InChI is InChI=1S/C14H12N2O4/c1-10-6-7-11(20-10)8-9-14(17)15-12-4-2-3-5-13(12)16(18)19/h2-9H,1H3,(H,15,17)/b9-8+. The molecule has 0 spiro atoms. The number of nitro groups is 1. The predicted octanol–water partition coefficient (Wildman–Crippen LogP) is 3.15. The first kappa shape index (κ1) is 13.5. The molecule has 1 amide bonds.